The van der Waals surface area contributed by atoms with Crippen molar-refractivity contribution in [3.63, 3.8) is 0 Å². The molecular weight excluding hydrogens is 440 g/mol. The quantitative estimate of drug-likeness (QED) is 0.323. The number of hydrogen-bond donors (Lipinski definition) is 0. The first kappa shape index (κ1) is 21.6. The maximum Gasteiger partial charge on any atom is 0.410 e. The second kappa shape index (κ2) is 8.69. The number of non-ortho nitro benzene ring substituents is 1. The largest absolute Gasteiger partial charge is 0.448 e. The third kappa shape index (κ3) is 3.79. The van der Waals surface area contributed by atoms with Gasteiger partial charge in [0.1, 0.15) is 6.61 Å². The highest BCUT2D eigenvalue weighted by Crippen LogP contribution is 2.45. The lowest BCUT2D eigenvalue weighted by Gasteiger charge is -2.44. The number of benzene rings is 3. The van der Waals surface area contributed by atoms with Gasteiger partial charge in [-0.3, -0.25) is 15.0 Å². The molecule has 2 aliphatic heterocycles. The number of hydrogen-bond acceptors (Lipinski definition) is 4. The van der Waals surface area contributed by atoms with Gasteiger partial charge in [-0.05, 0) is 59.1 Å². The fourth-order valence-electron chi connectivity index (χ4n) is 6.02. The number of nitro benzene ring substituents is 1. The molecule has 2 atom stereocenters. The Balaban J connectivity index is 1.22. The number of ether oxygens (including phenoxy) is 1. The highest BCUT2D eigenvalue weighted by Gasteiger charge is 2.39. The van der Waals surface area contributed by atoms with Crippen LogP contribution in [0.3, 0.4) is 0 Å². The van der Waals surface area contributed by atoms with Crippen molar-refractivity contribution in [2.45, 2.75) is 43.7 Å². The maximum absolute atomic E-state index is 13.4. The highest BCUT2D eigenvalue weighted by atomic mass is 16.6. The summed E-state index contributed by atoms with van der Waals surface area (Å²) < 4.78 is 5.98. The van der Waals surface area contributed by atoms with Crippen LogP contribution in [0.4, 0.5) is 10.5 Å². The highest BCUT2D eigenvalue weighted by molar-refractivity contribution is 5.79. The Hall–Kier alpha value is -3.93. The molecule has 3 aliphatic rings. The molecule has 1 aliphatic carbocycles. The van der Waals surface area contributed by atoms with E-state index in [0.29, 0.717) is 13.0 Å². The molecule has 6 rings (SSSR count). The molecular formula is C29H26N2O4. The van der Waals surface area contributed by atoms with Crippen LogP contribution in [0.15, 0.2) is 78.9 Å². The smallest absolute Gasteiger partial charge is 0.410 e. The predicted molar refractivity (Wildman–Crippen MR) is 134 cm³/mol. The lowest BCUT2D eigenvalue weighted by Crippen LogP contribution is -2.51. The molecule has 0 spiro atoms. The summed E-state index contributed by atoms with van der Waals surface area (Å²) in [7, 11) is 0. The molecule has 1 fully saturated rings. The number of rotatable bonds is 4. The zero-order chi connectivity index (χ0) is 23.9. The Kier molecular flexibility index (Phi) is 5.36. The standard InChI is InChI=1S/C29H26N2O4/c32-29(35-18-28-26-13-3-1-11-24(26)25-12-2-4-14-27(25)28)30-21-8-6-9-22(30)17-20(16-21)19-7-5-10-23(15-19)31(33)34/h1-5,7,10-16,21-22,28H,6,8-9,17-18H2. The molecule has 3 aromatic rings. The Morgan fingerprint density at radius 3 is 2.37 bits per heavy atom. The third-order valence-electron chi connectivity index (χ3n) is 7.61. The maximum atomic E-state index is 13.4. The van der Waals surface area contributed by atoms with Gasteiger partial charge in [0.05, 0.1) is 11.0 Å². The molecule has 0 saturated carbocycles. The molecule has 176 valence electrons. The van der Waals surface area contributed by atoms with Crippen LogP contribution in [0.2, 0.25) is 0 Å². The molecule has 1 amide bonds. The number of nitrogens with zero attached hydrogens (tertiary/aromatic N) is 2. The molecule has 3 aromatic carbocycles. The minimum absolute atomic E-state index is 0.0342. The number of carbonyl (C=O) groups is 1. The van der Waals surface area contributed by atoms with Crippen molar-refractivity contribution in [2.24, 2.45) is 0 Å². The van der Waals surface area contributed by atoms with Crippen LogP contribution in [-0.2, 0) is 4.74 Å². The molecule has 2 heterocycles. The van der Waals surface area contributed by atoms with Crippen molar-refractivity contribution in [1.29, 1.82) is 0 Å². The normalized spacial score (nSPS) is 20.6. The van der Waals surface area contributed by atoms with E-state index in [4.69, 9.17) is 4.74 Å². The van der Waals surface area contributed by atoms with Crippen molar-refractivity contribution in [2.75, 3.05) is 6.61 Å². The van der Waals surface area contributed by atoms with Crippen molar-refractivity contribution in [1.82, 2.24) is 4.90 Å². The molecule has 0 N–H and O–H groups in total. The Morgan fingerprint density at radius 2 is 1.69 bits per heavy atom. The van der Waals surface area contributed by atoms with Crippen LogP contribution in [-0.4, -0.2) is 34.6 Å². The zero-order valence-corrected chi connectivity index (χ0v) is 19.3. The molecule has 0 radical (unpaired) electrons. The molecule has 6 heteroatoms. The summed E-state index contributed by atoms with van der Waals surface area (Å²) in [6.45, 7) is 0.310. The SMILES string of the molecule is O=C(OCC1c2ccccc2-c2ccccc21)N1C2C=C(c3cccc([N+](=O)[O-])c3)CC1CCC2. The van der Waals surface area contributed by atoms with Gasteiger partial charge in [0.2, 0.25) is 0 Å². The van der Waals surface area contributed by atoms with E-state index in [0.717, 1.165) is 30.4 Å². The van der Waals surface area contributed by atoms with Crippen LogP contribution in [0.1, 0.15) is 48.3 Å². The summed E-state index contributed by atoms with van der Waals surface area (Å²) in [5.74, 6) is 0.0342. The van der Waals surface area contributed by atoms with Gasteiger partial charge in [-0.2, -0.15) is 0 Å². The van der Waals surface area contributed by atoms with Crippen LogP contribution in [0.5, 0.6) is 0 Å². The number of nitro groups is 1. The average molecular weight is 467 g/mol. The van der Waals surface area contributed by atoms with E-state index in [1.54, 1.807) is 12.1 Å². The monoisotopic (exact) mass is 466 g/mol. The summed E-state index contributed by atoms with van der Waals surface area (Å²) in [4.78, 5) is 26.1. The molecule has 35 heavy (non-hydrogen) atoms. The van der Waals surface area contributed by atoms with E-state index >= 15 is 0 Å². The van der Waals surface area contributed by atoms with Crippen molar-refractivity contribution >= 4 is 17.4 Å². The number of amides is 1. The molecule has 2 bridgehead atoms. The first-order valence-corrected chi connectivity index (χ1v) is 12.2. The van der Waals surface area contributed by atoms with Gasteiger partial charge in [0.25, 0.3) is 5.69 Å². The van der Waals surface area contributed by atoms with E-state index in [2.05, 4.69) is 30.3 Å². The number of piperidine rings is 1. The predicted octanol–water partition coefficient (Wildman–Crippen LogP) is 6.55. The summed E-state index contributed by atoms with van der Waals surface area (Å²) >= 11 is 0. The van der Waals surface area contributed by atoms with Gasteiger partial charge in [-0.25, -0.2) is 4.79 Å². The average Bonchev–Trinajstić information content (AvgIpc) is 3.20. The van der Waals surface area contributed by atoms with Gasteiger partial charge >= 0.3 is 6.09 Å². The van der Waals surface area contributed by atoms with Crippen LogP contribution < -0.4 is 0 Å². The van der Waals surface area contributed by atoms with E-state index in [1.165, 1.54) is 28.3 Å². The summed E-state index contributed by atoms with van der Waals surface area (Å²) in [6, 6.07) is 23.4. The topological polar surface area (TPSA) is 72.7 Å². The van der Waals surface area contributed by atoms with Crippen LogP contribution >= 0.6 is 0 Å². The van der Waals surface area contributed by atoms with Crippen molar-refractivity contribution in [3.05, 3.63) is 106 Å². The zero-order valence-electron chi connectivity index (χ0n) is 19.3. The third-order valence-corrected chi connectivity index (χ3v) is 7.61. The lowest BCUT2D eigenvalue weighted by molar-refractivity contribution is -0.384. The summed E-state index contributed by atoms with van der Waals surface area (Å²) in [5, 5.41) is 11.2. The Morgan fingerprint density at radius 1 is 0.971 bits per heavy atom. The van der Waals surface area contributed by atoms with Gasteiger partial charge in [-0.1, -0.05) is 66.7 Å². The molecule has 0 aromatic heterocycles. The molecule has 6 nitrogen and oxygen atoms in total. The first-order valence-electron chi connectivity index (χ1n) is 12.2. The fraction of sp³-hybridized carbons (Fsp3) is 0.276. The minimum Gasteiger partial charge on any atom is -0.448 e. The molecule has 1 saturated heterocycles. The lowest BCUT2D eigenvalue weighted by atomic mass is 9.83. The van der Waals surface area contributed by atoms with E-state index < -0.39 is 0 Å². The van der Waals surface area contributed by atoms with Crippen molar-refractivity contribution < 1.29 is 14.5 Å². The fourth-order valence-corrected chi connectivity index (χ4v) is 6.02. The van der Waals surface area contributed by atoms with Gasteiger partial charge < -0.3 is 4.74 Å². The van der Waals surface area contributed by atoms with Gasteiger partial charge in [0, 0.05) is 24.1 Å². The summed E-state index contributed by atoms with van der Waals surface area (Å²) in [6.07, 6.45) is 5.36. The van der Waals surface area contributed by atoms with Crippen molar-refractivity contribution in [3.8, 4) is 11.1 Å². The van der Waals surface area contributed by atoms with Crippen LogP contribution in [0.25, 0.3) is 16.7 Å². The second-order valence-electron chi connectivity index (χ2n) is 9.57. The second-order valence-corrected chi connectivity index (χ2v) is 9.57. The minimum atomic E-state index is -0.364. The van der Waals surface area contributed by atoms with E-state index in [-0.39, 0.29) is 34.7 Å². The molecule has 2 unspecified atom stereocenters. The Labute approximate surface area is 204 Å². The van der Waals surface area contributed by atoms with Crippen LogP contribution in [0, 0.1) is 10.1 Å². The first-order chi connectivity index (χ1) is 17.1. The Bertz CT molecular complexity index is 1300. The number of carbonyl (C=O) groups excluding carboxylic acids is 1. The van der Waals surface area contributed by atoms with Gasteiger partial charge in [0.15, 0.2) is 0 Å². The van der Waals surface area contributed by atoms with E-state index in [9.17, 15) is 14.9 Å². The van der Waals surface area contributed by atoms with E-state index in [1.807, 2.05) is 35.2 Å². The summed E-state index contributed by atoms with van der Waals surface area (Å²) in [5.41, 5.74) is 6.86. The van der Waals surface area contributed by atoms with Gasteiger partial charge in [-0.15, -0.1) is 0 Å². The number of fused-ring (bicyclic) bond motifs is 5.